The summed E-state index contributed by atoms with van der Waals surface area (Å²) in [5.74, 6) is 0.0135. The van der Waals surface area contributed by atoms with Crippen LogP contribution in [0.15, 0.2) is 58.5 Å². The van der Waals surface area contributed by atoms with Gasteiger partial charge in [0.15, 0.2) is 0 Å². The zero-order valence-electron chi connectivity index (χ0n) is 15.1. The summed E-state index contributed by atoms with van der Waals surface area (Å²) in [6.07, 6.45) is 0. The van der Waals surface area contributed by atoms with E-state index in [1.807, 2.05) is 0 Å². The number of methoxy groups -OCH3 is 1. The van der Waals surface area contributed by atoms with Crippen LogP contribution in [0.4, 0.5) is 5.69 Å². The Kier molecular flexibility index (Phi) is 6.79. The van der Waals surface area contributed by atoms with Gasteiger partial charge in [-0.05, 0) is 48.9 Å². The molecule has 0 aliphatic heterocycles. The van der Waals surface area contributed by atoms with E-state index in [9.17, 15) is 23.3 Å². The monoisotopic (exact) mass is 406 g/mol. The van der Waals surface area contributed by atoms with Crippen molar-refractivity contribution < 1.29 is 22.9 Å². The molecule has 0 aliphatic rings. The molecule has 2 rings (SSSR count). The molecule has 0 saturated carbocycles. The van der Waals surface area contributed by atoms with Crippen LogP contribution in [0.25, 0.3) is 0 Å². The fourth-order valence-corrected chi connectivity index (χ4v) is 3.06. The predicted molar refractivity (Wildman–Crippen MR) is 102 cm³/mol. The number of nitro benzene ring substituents is 1. The molecule has 2 aromatic rings. The predicted octanol–water partition coefficient (Wildman–Crippen LogP) is 1.42. The van der Waals surface area contributed by atoms with Crippen LogP contribution in [-0.2, 0) is 14.8 Å². The number of ether oxygens (including phenoxy) is 1. The molecule has 148 valence electrons. The standard InChI is InChI=1S/C17H18N4O6S/c1-12(13-3-7-15(27-2)8-4-13)19-20-17(22)11-18-28(25,26)16-9-5-14(6-10-16)21(23)24/h3-10,18H,11H2,1-2H3,(H,20,22)/b19-12+. The van der Waals surface area contributed by atoms with Crippen molar-refractivity contribution in [3.05, 3.63) is 64.2 Å². The summed E-state index contributed by atoms with van der Waals surface area (Å²) < 4.78 is 31.4. The van der Waals surface area contributed by atoms with Gasteiger partial charge in [0.25, 0.3) is 11.6 Å². The summed E-state index contributed by atoms with van der Waals surface area (Å²) in [7, 11) is -2.44. The van der Waals surface area contributed by atoms with E-state index in [0.29, 0.717) is 11.5 Å². The molecule has 1 amide bonds. The SMILES string of the molecule is COc1ccc(/C(C)=N/NC(=O)CNS(=O)(=O)c2ccc([N+](=O)[O-])cc2)cc1. The molecule has 0 heterocycles. The minimum absolute atomic E-state index is 0.191. The molecule has 0 aromatic heterocycles. The van der Waals surface area contributed by atoms with Gasteiger partial charge in [0.2, 0.25) is 10.0 Å². The van der Waals surface area contributed by atoms with E-state index in [-0.39, 0.29) is 10.6 Å². The number of amides is 1. The van der Waals surface area contributed by atoms with Gasteiger partial charge in [-0.15, -0.1) is 0 Å². The average molecular weight is 406 g/mol. The Balaban J connectivity index is 1.94. The Morgan fingerprint density at radius 1 is 1.14 bits per heavy atom. The molecule has 0 fully saturated rings. The highest BCUT2D eigenvalue weighted by Gasteiger charge is 2.17. The number of nitrogens with zero attached hydrogens (tertiary/aromatic N) is 2. The lowest BCUT2D eigenvalue weighted by atomic mass is 10.1. The molecule has 0 spiro atoms. The van der Waals surface area contributed by atoms with Crippen LogP contribution >= 0.6 is 0 Å². The zero-order chi connectivity index (χ0) is 20.7. The maximum Gasteiger partial charge on any atom is 0.269 e. The molecule has 0 unspecified atom stereocenters. The molecule has 0 bridgehead atoms. The number of hydrogen-bond donors (Lipinski definition) is 2. The number of nitrogens with one attached hydrogen (secondary N) is 2. The molecule has 10 nitrogen and oxygen atoms in total. The van der Waals surface area contributed by atoms with Gasteiger partial charge in [0.1, 0.15) is 5.75 Å². The fourth-order valence-electron chi connectivity index (χ4n) is 2.07. The summed E-state index contributed by atoms with van der Waals surface area (Å²) in [6.45, 7) is 1.14. The molecule has 2 aromatic carbocycles. The Hall–Kier alpha value is -3.31. The second kappa shape index (κ2) is 9.06. The van der Waals surface area contributed by atoms with Gasteiger partial charge < -0.3 is 4.74 Å². The first-order chi connectivity index (χ1) is 13.2. The van der Waals surface area contributed by atoms with Crippen LogP contribution in [0.2, 0.25) is 0 Å². The normalized spacial score (nSPS) is 11.7. The van der Waals surface area contributed by atoms with Crippen LogP contribution in [0, 0.1) is 10.1 Å². The van der Waals surface area contributed by atoms with Crippen molar-refractivity contribution in [1.82, 2.24) is 10.1 Å². The highest BCUT2D eigenvalue weighted by atomic mass is 32.2. The number of hydrazone groups is 1. The van der Waals surface area contributed by atoms with Gasteiger partial charge in [-0.3, -0.25) is 14.9 Å². The van der Waals surface area contributed by atoms with Crippen LogP contribution in [0.3, 0.4) is 0 Å². The van der Waals surface area contributed by atoms with Gasteiger partial charge >= 0.3 is 0 Å². The number of hydrogen-bond acceptors (Lipinski definition) is 7. The lowest BCUT2D eigenvalue weighted by Gasteiger charge is -2.07. The lowest BCUT2D eigenvalue weighted by molar-refractivity contribution is -0.384. The van der Waals surface area contributed by atoms with Crippen LogP contribution in [-0.4, -0.2) is 38.6 Å². The largest absolute Gasteiger partial charge is 0.497 e. The Labute approximate surface area is 161 Å². The summed E-state index contributed by atoms with van der Waals surface area (Å²) >= 11 is 0. The smallest absolute Gasteiger partial charge is 0.269 e. The molecule has 0 saturated heterocycles. The fraction of sp³-hybridized carbons (Fsp3) is 0.176. The summed E-state index contributed by atoms with van der Waals surface area (Å²) in [5, 5.41) is 14.5. The number of carbonyl (C=O) groups is 1. The molecule has 28 heavy (non-hydrogen) atoms. The maximum atomic E-state index is 12.1. The number of non-ortho nitro benzene ring substituents is 1. The number of rotatable bonds is 8. The minimum atomic E-state index is -3.99. The van der Waals surface area contributed by atoms with Crippen LogP contribution in [0.1, 0.15) is 12.5 Å². The molecule has 11 heteroatoms. The molecule has 2 N–H and O–H groups in total. The van der Waals surface area contributed by atoms with Crippen LogP contribution in [0.5, 0.6) is 5.75 Å². The lowest BCUT2D eigenvalue weighted by Crippen LogP contribution is -2.35. The highest BCUT2D eigenvalue weighted by molar-refractivity contribution is 7.89. The number of carbonyl (C=O) groups excluding carboxylic acids is 1. The summed E-state index contributed by atoms with van der Waals surface area (Å²) in [4.78, 5) is 21.6. The van der Waals surface area contributed by atoms with Crippen molar-refractivity contribution in [3.63, 3.8) is 0 Å². The van der Waals surface area contributed by atoms with Crippen molar-refractivity contribution >= 4 is 27.3 Å². The van der Waals surface area contributed by atoms with Crippen molar-refractivity contribution in [2.24, 2.45) is 5.10 Å². The number of sulfonamides is 1. The van der Waals surface area contributed by atoms with E-state index < -0.39 is 27.4 Å². The Morgan fingerprint density at radius 3 is 2.29 bits per heavy atom. The van der Waals surface area contributed by atoms with Gasteiger partial charge in [-0.2, -0.15) is 5.10 Å². The molecule has 0 aliphatic carbocycles. The number of nitro groups is 1. The molecule has 0 radical (unpaired) electrons. The summed E-state index contributed by atoms with van der Waals surface area (Å²) in [5.41, 5.74) is 3.30. The van der Waals surface area contributed by atoms with Gasteiger partial charge in [-0.1, -0.05) is 0 Å². The second-order valence-corrected chi connectivity index (χ2v) is 7.30. The van der Waals surface area contributed by atoms with Gasteiger partial charge in [-0.25, -0.2) is 18.6 Å². The number of benzene rings is 2. The van der Waals surface area contributed by atoms with Crippen molar-refractivity contribution in [3.8, 4) is 5.75 Å². The second-order valence-electron chi connectivity index (χ2n) is 5.54. The minimum Gasteiger partial charge on any atom is -0.497 e. The van der Waals surface area contributed by atoms with E-state index in [1.165, 1.54) is 0 Å². The summed E-state index contributed by atoms with van der Waals surface area (Å²) in [6, 6.07) is 11.3. The van der Waals surface area contributed by atoms with Gasteiger partial charge in [0, 0.05) is 12.1 Å². The van der Waals surface area contributed by atoms with E-state index in [2.05, 4.69) is 15.2 Å². The Bertz CT molecular complexity index is 985. The van der Waals surface area contributed by atoms with E-state index in [4.69, 9.17) is 4.74 Å². The maximum absolute atomic E-state index is 12.1. The first-order valence-corrected chi connectivity index (χ1v) is 9.43. The molecule has 0 atom stereocenters. The third kappa shape index (κ3) is 5.59. The van der Waals surface area contributed by atoms with E-state index in [0.717, 1.165) is 29.8 Å². The van der Waals surface area contributed by atoms with Crippen molar-refractivity contribution in [2.45, 2.75) is 11.8 Å². The van der Waals surface area contributed by atoms with Crippen molar-refractivity contribution in [2.75, 3.05) is 13.7 Å². The zero-order valence-corrected chi connectivity index (χ0v) is 15.9. The third-order valence-electron chi connectivity index (χ3n) is 3.64. The third-order valence-corrected chi connectivity index (χ3v) is 5.05. The Morgan fingerprint density at radius 2 is 1.75 bits per heavy atom. The van der Waals surface area contributed by atoms with E-state index >= 15 is 0 Å². The highest BCUT2D eigenvalue weighted by Crippen LogP contribution is 2.15. The van der Waals surface area contributed by atoms with E-state index in [1.54, 1.807) is 38.3 Å². The average Bonchev–Trinajstić information content (AvgIpc) is 2.70. The first-order valence-electron chi connectivity index (χ1n) is 7.94. The topological polar surface area (TPSA) is 140 Å². The molecular weight excluding hydrogens is 388 g/mol. The van der Waals surface area contributed by atoms with Gasteiger partial charge in [0.05, 0.1) is 29.2 Å². The first kappa shape index (κ1) is 21.0. The quantitative estimate of drug-likeness (QED) is 0.386. The van der Waals surface area contributed by atoms with Crippen LogP contribution < -0.4 is 14.9 Å². The van der Waals surface area contributed by atoms with Crippen molar-refractivity contribution in [1.29, 1.82) is 0 Å². The molecular formula is C17H18N4O6S.